The maximum atomic E-state index is 12.8. The number of carbonyl (C=O) groups excluding carboxylic acids is 3. The summed E-state index contributed by atoms with van der Waals surface area (Å²) in [5.41, 5.74) is 1.81. The topological polar surface area (TPSA) is 99.1 Å². The fourth-order valence-electron chi connectivity index (χ4n) is 3.17. The predicted molar refractivity (Wildman–Crippen MR) is 134 cm³/mol. The Hall–Kier alpha value is -4.23. The standard InChI is InChI=1S/C29H28O7/c1-18(2)26(31)34-22-12-10-21(11-13-22)28(33)36-25-15-14-23(16-24(25)29(3,4)5)35-27(32)20-8-6-19(17-30)7-9-20/h6-16,30H,1,17H2,2-5H3. The highest BCUT2D eigenvalue weighted by Gasteiger charge is 2.23. The summed E-state index contributed by atoms with van der Waals surface area (Å²) in [6.07, 6.45) is 0. The van der Waals surface area contributed by atoms with Crippen molar-refractivity contribution in [2.24, 2.45) is 0 Å². The highest BCUT2D eigenvalue weighted by molar-refractivity contribution is 5.92. The van der Waals surface area contributed by atoms with Gasteiger partial charge in [-0.1, -0.05) is 39.5 Å². The molecule has 0 radical (unpaired) electrons. The van der Waals surface area contributed by atoms with E-state index in [1.54, 1.807) is 49.4 Å². The Morgan fingerprint density at radius 1 is 0.778 bits per heavy atom. The van der Waals surface area contributed by atoms with Crippen molar-refractivity contribution in [3.05, 3.63) is 101 Å². The Bertz CT molecular complexity index is 1280. The average Bonchev–Trinajstić information content (AvgIpc) is 2.84. The molecule has 0 atom stereocenters. The second kappa shape index (κ2) is 11.0. The third-order valence-electron chi connectivity index (χ3n) is 5.19. The highest BCUT2D eigenvalue weighted by Crippen LogP contribution is 2.35. The largest absolute Gasteiger partial charge is 0.423 e. The summed E-state index contributed by atoms with van der Waals surface area (Å²) >= 11 is 0. The first-order valence-electron chi connectivity index (χ1n) is 11.2. The molecule has 1 N–H and O–H groups in total. The Labute approximate surface area is 209 Å². The maximum Gasteiger partial charge on any atom is 0.343 e. The van der Waals surface area contributed by atoms with Crippen LogP contribution in [0.3, 0.4) is 0 Å². The summed E-state index contributed by atoms with van der Waals surface area (Å²) in [6.45, 7) is 10.8. The van der Waals surface area contributed by atoms with E-state index in [0.29, 0.717) is 28.2 Å². The summed E-state index contributed by atoms with van der Waals surface area (Å²) in [4.78, 5) is 37.0. The van der Waals surface area contributed by atoms with Crippen LogP contribution in [0.25, 0.3) is 0 Å². The van der Waals surface area contributed by atoms with Gasteiger partial charge in [0.05, 0.1) is 17.7 Å². The minimum Gasteiger partial charge on any atom is -0.423 e. The van der Waals surface area contributed by atoms with Crippen molar-refractivity contribution in [3.63, 3.8) is 0 Å². The Morgan fingerprint density at radius 2 is 1.31 bits per heavy atom. The van der Waals surface area contributed by atoms with Crippen molar-refractivity contribution in [2.75, 3.05) is 0 Å². The molecule has 0 aliphatic carbocycles. The monoisotopic (exact) mass is 488 g/mol. The molecule has 0 saturated carbocycles. The lowest BCUT2D eigenvalue weighted by Gasteiger charge is -2.23. The molecule has 3 aromatic rings. The van der Waals surface area contributed by atoms with Crippen LogP contribution in [0.15, 0.2) is 78.9 Å². The van der Waals surface area contributed by atoms with Crippen LogP contribution < -0.4 is 14.2 Å². The van der Waals surface area contributed by atoms with Crippen molar-refractivity contribution in [1.29, 1.82) is 0 Å². The Kier molecular flexibility index (Phi) is 8.07. The van der Waals surface area contributed by atoms with E-state index < -0.39 is 23.3 Å². The Morgan fingerprint density at radius 3 is 1.83 bits per heavy atom. The SMILES string of the molecule is C=C(C)C(=O)Oc1ccc(C(=O)Oc2ccc(OC(=O)c3ccc(CO)cc3)cc2C(C)(C)C)cc1. The van der Waals surface area contributed by atoms with Gasteiger partial charge < -0.3 is 19.3 Å². The quantitative estimate of drug-likeness (QED) is 0.270. The van der Waals surface area contributed by atoms with Gasteiger partial charge in [0, 0.05) is 11.1 Å². The summed E-state index contributed by atoms with van der Waals surface area (Å²) in [7, 11) is 0. The van der Waals surface area contributed by atoms with Gasteiger partial charge in [0.1, 0.15) is 17.2 Å². The number of esters is 3. The van der Waals surface area contributed by atoms with Gasteiger partial charge in [0.2, 0.25) is 0 Å². The molecule has 7 heteroatoms. The van der Waals surface area contributed by atoms with Gasteiger partial charge in [0.15, 0.2) is 0 Å². The van der Waals surface area contributed by atoms with Crippen LogP contribution in [0, 0.1) is 0 Å². The molecule has 0 aliphatic heterocycles. The summed E-state index contributed by atoms with van der Waals surface area (Å²) in [6, 6.07) is 17.3. The second-order valence-corrected chi connectivity index (χ2v) is 9.24. The van der Waals surface area contributed by atoms with Crippen molar-refractivity contribution in [1.82, 2.24) is 0 Å². The molecule has 3 rings (SSSR count). The molecule has 7 nitrogen and oxygen atoms in total. The molecule has 0 aromatic heterocycles. The molecule has 0 saturated heterocycles. The second-order valence-electron chi connectivity index (χ2n) is 9.24. The van der Waals surface area contributed by atoms with Gasteiger partial charge in [-0.2, -0.15) is 0 Å². The summed E-state index contributed by atoms with van der Waals surface area (Å²) in [5, 5.41) is 9.16. The lowest BCUT2D eigenvalue weighted by atomic mass is 9.86. The number of aliphatic hydroxyl groups is 1. The molecular formula is C29H28O7. The van der Waals surface area contributed by atoms with Crippen LogP contribution >= 0.6 is 0 Å². The third kappa shape index (κ3) is 6.67. The van der Waals surface area contributed by atoms with E-state index in [4.69, 9.17) is 19.3 Å². The van der Waals surface area contributed by atoms with Crippen LogP contribution in [0.2, 0.25) is 0 Å². The summed E-state index contributed by atoms with van der Waals surface area (Å²) in [5.74, 6) is -0.768. The Balaban J connectivity index is 1.77. The normalized spacial score (nSPS) is 10.9. The molecule has 0 heterocycles. The summed E-state index contributed by atoms with van der Waals surface area (Å²) < 4.78 is 16.3. The van der Waals surface area contributed by atoms with Gasteiger partial charge in [0.25, 0.3) is 0 Å². The smallest absolute Gasteiger partial charge is 0.343 e. The number of carbonyl (C=O) groups is 3. The van der Waals surface area contributed by atoms with Crippen LogP contribution in [0.5, 0.6) is 17.2 Å². The molecule has 0 spiro atoms. The van der Waals surface area contributed by atoms with E-state index in [1.165, 1.54) is 24.3 Å². The zero-order chi connectivity index (χ0) is 26.5. The average molecular weight is 489 g/mol. The first-order valence-corrected chi connectivity index (χ1v) is 11.2. The number of hydrogen-bond donors (Lipinski definition) is 1. The van der Waals surface area contributed by atoms with Crippen molar-refractivity contribution in [3.8, 4) is 17.2 Å². The molecule has 0 fully saturated rings. The fourth-order valence-corrected chi connectivity index (χ4v) is 3.17. The number of ether oxygens (including phenoxy) is 3. The highest BCUT2D eigenvalue weighted by atomic mass is 16.5. The zero-order valence-corrected chi connectivity index (χ0v) is 20.7. The van der Waals surface area contributed by atoms with E-state index in [-0.39, 0.29) is 23.5 Å². The first kappa shape index (κ1) is 26.4. The van der Waals surface area contributed by atoms with Crippen molar-refractivity contribution in [2.45, 2.75) is 39.7 Å². The third-order valence-corrected chi connectivity index (χ3v) is 5.19. The van der Waals surface area contributed by atoms with E-state index >= 15 is 0 Å². The lowest BCUT2D eigenvalue weighted by molar-refractivity contribution is -0.130. The minimum atomic E-state index is -0.591. The maximum absolute atomic E-state index is 12.8. The van der Waals surface area contributed by atoms with Gasteiger partial charge >= 0.3 is 17.9 Å². The molecule has 186 valence electrons. The van der Waals surface area contributed by atoms with Gasteiger partial charge in [-0.15, -0.1) is 0 Å². The van der Waals surface area contributed by atoms with Crippen molar-refractivity contribution >= 4 is 17.9 Å². The molecular weight excluding hydrogens is 460 g/mol. The van der Waals surface area contributed by atoms with E-state index in [1.807, 2.05) is 20.8 Å². The lowest BCUT2D eigenvalue weighted by Crippen LogP contribution is -2.17. The molecule has 3 aromatic carbocycles. The zero-order valence-electron chi connectivity index (χ0n) is 20.7. The van der Waals surface area contributed by atoms with Crippen LogP contribution in [0.4, 0.5) is 0 Å². The first-order chi connectivity index (χ1) is 17.0. The molecule has 36 heavy (non-hydrogen) atoms. The molecule has 0 aliphatic rings. The molecule has 0 unspecified atom stereocenters. The van der Waals surface area contributed by atoms with Crippen molar-refractivity contribution < 1.29 is 33.7 Å². The molecule has 0 bridgehead atoms. The predicted octanol–water partition coefficient (Wildman–Crippen LogP) is 5.40. The van der Waals surface area contributed by atoms with Crippen LogP contribution in [-0.4, -0.2) is 23.0 Å². The van der Waals surface area contributed by atoms with E-state index in [0.717, 1.165) is 0 Å². The van der Waals surface area contributed by atoms with Gasteiger partial charge in [-0.05, 0) is 72.5 Å². The number of benzene rings is 3. The van der Waals surface area contributed by atoms with E-state index in [2.05, 4.69) is 6.58 Å². The number of hydrogen-bond acceptors (Lipinski definition) is 7. The van der Waals surface area contributed by atoms with E-state index in [9.17, 15) is 14.4 Å². The number of rotatable bonds is 7. The minimum absolute atomic E-state index is 0.114. The van der Waals surface area contributed by atoms with Gasteiger partial charge in [-0.25, -0.2) is 14.4 Å². The van der Waals surface area contributed by atoms with Gasteiger partial charge in [-0.3, -0.25) is 0 Å². The van der Waals surface area contributed by atoms with Crippen LogP contribution in [0.1, 0.15) is 59.5 Å². The molecule has 0 amide bonds. The van der Waals surface area contributed by atoms with Crippen LogP contribution in [-0.2, 0) is 16.8 Å². The fraction of sp³-hybridized carbons (Fsp3) is 0.207. The number of aliphatic hydroxyl groups excluding tert-OH is 1.